The van der Waals surface area contributed by atoms with Gasteiger partial charge in [-0.1, -0.05) is 25.6 Å². The first-order valence-corrected chi connectivity index (χ1v) is 7.03. The van der Waals surface area contributed by atoms with Gasteiger partial charge >= 0.3 is 0 Å². The summed E-state index contributed by atoms with van der Waals surface area (Å²) in [7, 11) is 0. The Morgan fingerprint density at radius 1 is 1.20 bits per heavy atom. The third-order valence-corrected chi connectivity index (χ3v) is 3.53. The zero-order valence-corrected chi connectivity index (χ0v) is 12.0. The van der Waals surface area contributed by atoms with Crippen molar-refractivity contribution >= 4 is 11.8 Å². The highest BCUT2D eigenvalue weighted by Gasteiger charge is 2.13. The van der Waals surface area contributed by atoms with Gasteiger partial charge in [0.15, 0.2) is 0 Å². The van der Waals surface area contributed by atoms with Crippen molar-refractivity contribution in [3.8, 4) is 0 Å². The molecule has 0 saturated carbocycles. The highest BCUT2D eigenvalue weighted by atomic mass is 32.2. The van der Waals surface area contributed by atoms with Gasteiger partial charge in [-0.05, 0) is 17.7 Å². The van der Waals surface area contributed by atoms with E-state index in [1.54, 1.807) is 0 Å². The van der Waals surface area contributed by atoms with Gasteiger partial charge in [0, 0.05) is 25.0 Å². The Morgan fingerprint density at radius 3 is 2.45 bits per heavy atom. The number of hydrogen-bond donors (Lipinski definition) is 1. The molecule has 3 nitrogen and oxygen atoms in total. The topological polar surface area (TPSA) is 37.8 Å². The molecule has 0 spiro atoms. The normalized spacial score (nSPS) is 11.1. The summed E-state index contributed by atoms with van der Waals surface area (Å²) < 4.78 is 28.0. The fraction of sp³-hybridized carbons (Fsp3) is 0.286. The predicted octanol–water partition coefficient (Wildman–Crippen LogP) is 3.40. The van der Waals surface area contributed by atoms with Crippen LogP contribution in [0.25, 0.3) is 0 Å². The Morgan fingerprint density at radius 2 is 1.90 bits per heavy atom. The number of benzene rings is 1. The molecule has 20 heavy (non-hydrogen) atoms. The highest BCUT2D eigenvalue weighted by Crippen LogP contribution is 2.31. The molecular weight excluding hydrogens is 280 g/mol. The number of rotatable bonds is 5. The van der Waals surface area contributed by atoms with Gasteiger partial charge in [0.25, 0.3) is 0 Å². The molecular formula is C14H15F2N3S. The molecule has 0 fully saturated rings. The largest absolute Gasteiger partial charge is 0.310 e. The van der Waals surface area contributed by atoms with Crippen LogP contribution in [0.2, 0.25) is 0 Å². The molecule has 0 unspecified atom stereocenters. The zero-order chi connectivity index (χ0) is 14.5. The standard InChI is InChI=1S/C14H15F2N3S/c1-9(2)19-7-10-5-11(15)14(12(16)6-10)20-13-8-17-3-4-18-13/h3-6,8-9,19H,7H2,1-2H3. The summed E-state index contributed by atoms with van der Waals surface area (Å²) >= 11 is 0.930. The Labute approximate surface area is 120 Å². The minimum atomic E-state index is -0.582. The van der Waals surface area contributed by atoms with E-state index in [0.29, 0.717) is 17.1 Å². The minimum Gasteiger partial charge on any atom is -0.310 e. The molecule has 0 radical (unpaired) electrons. The fourth-order valence-electron chi connectivity index (χ4n) is 1.58. The second kappa shape index (κ2) is 6.76. The SMILES string of the molecule is CC(C)NCc1cc(F)c(Sc2cnccn2)c(F)c1. The molecule has 1 N–H and O–H groups in total. The molecule has 106 valence electrons. The van der Waals surface area contributed by atoms with E-state index in [2.05, 4.69) is 15.3 Å². The Bertz CT molecular complexity index is 553. The van der Waals surface area contributed by atoms with Crippen molar-refractivity contribution in [1.29, 1.82) is 0 Å². The van der Waals surface area contributed by atoms with E-state index in [0.717, 1.165) is 11.8 Å². The van der Waals surface area contributed by atoms with Crippen molar-refractivity contribution in [3.05, 3.63) is 47.9 Å². The molecule has 0 aliphatic rings. The zero-order valence-electron chi connectivity index (χ0n) is 11.2. The molecule has 2 rings (SSSR count). The fourth-order valence-corrected chi connectivity index (χ4v) is 2.33. The number of nitrogens with zero attached hydrogens (tertiary/aromatic N) is 2. The van der Waals surface area contributed by atoms with Crippen molar-refractivity contribution in [2.24, 2.45) is 0 Å². The van der Waals surface area contributed by atoms with Crippen LogP contribution in [0, 0.1) is 11.6 Å². The summed E-state index contributed by atoms with van der Waals surface area (Å²) in [5.41, 5.74) is 0.581. The second-order valence-electron chi connectivity index (χ2n) is 4.57. The lowest BCUT2D eigenvalue weighted by Gasteiger charge is -2.10. The molecule has 1 aromatic heterocycles. The van der Waals surface area contributed by atoms with Crippen LogP contribution in [-0.2, 0) is 6.54 Å². The Balaban J connectivity index is 2.18. The second-order valence-corrected chi connectivity index (χ2v) is 5.60. The van der Waals surface area contributed by atoms with Crippen molar-refractivity contribution in [1.82, 2.24) is 15.3 Å². The van der Waals surface area contributed by atoms with Gasteiger partial charge in [-0.15, -0.1) is 0 Å². The van der Waals surface area contributed by atoms with Gasteiger partial charge < -0.3 is 5.32 Å². The van der Waals surface area contributed by atoms with E-state index in [-0.39, 0.29) is 10.9 Å². The quantitative estimate of drug-likeness (QED) is 0.917. The number of nitrogens with one attached hydrogen (secondary N) is 1. The van der Waals surface area contributed by atoms with E-state index in [9.17, 15) is 8.78 Å². The van der Waals surface area contributed by atoms with Crippen LogP contribution in [-0.4, -0.2) is 16.0 Å². The molecule has 1 aromatic carbocycles. The number of halogens is 2. The Hall–Kier alpha value is -1.53. The lowest BCUT2D eigenvalue weighted by atomic mass is 10.2. The van der Waals surface area contributed by atoms with Crippen LogP contribution in [0.5, 0.6) is 0 Å². The van der Waals surface area contributed by atoms with E-state index in [4.69, 9.17) is 0 Å². The summed E-state index contributed by atoms with van der Waals surface area (Å²) in [6, 6.07) is 2.95. The van der Waals surface area contributed by atoms with Crippen molar-refractivity contribution in [3.63, 3.8) is 0 Å². The predicted molar refractivity (Wildman–Crippen MR) is 74.5 cm³/mol. The van der Waals surface area contributed by atoms with E-state index >= 15 is 0 Å². The minimum absolute atomic E-state index is 0.0567. The first-order chi connectivity index (χ1) is 9.56. The number of aromatic nitrogens is 2. The first kappa shape index (κ1) is 14.9. The smallest absolute Gasteiger partial charge is 0.140 e. The van der Waals surface area contributed by atoms with Crippen LogP contribution in [0.4, 0.5) is 8.78 Å². The monoisotopic (exact) mass is 295 g/mol. The third-order valence-electron chi connectivity index (χ3n) is 2.52. The third kappa shape index (κ3) is 3.98. The molecule has 0 atom stereocenters. The van der Waals surface area contributed by atoms with Gasteiger partial charge in [-0.3, -0.25) is 4.98 Å². The Kier molecular flexibility index (Phi) is 5.03. The van der Waals surface area contributed by atoms with E-state index in [1.807, 2.05) is 13.8 Å². The maximum absolute atomic E-state index is 14.0. The summed E-state index contributed by atoms with van der Waals surface area (Å²) in [5, 5.41) is 3.58. The van der Waals surface area contributed by atoms with Gasteiger partial charge in [-0.2, -0.15) is 0 Å². The molecule has 0 aliphatic heterocycles. The van der Waals surface area contributed by atoms with Crippen molar-refractivity contribution in [2.75, 3.05) is 0 Å². The van der Waals surface area contributed by atoms with Crippen molar-refractivity contribution in [2.45, 2.75) is 36.4 Å². The van der Waals surface area contributed by atoms with E-state index in [1.165, 1.54) is 30.7 Å². The van der Waals surface area contributed by atoms with Gasteiger partial charge in [-0.25, -0.2) is 13.8 Å². The first-order valence-electron chi connectivity index (χ1n) is 6.21. The molecule has 0 saturated heterocycles. The van der Waals surface area contributed by atoms with Gasteiger partial charge in [0.2, 0.25) is 0 Å². The van der Waals surface area contributed by atoms with Crippen LogP contribution in [0.15, 0.2) is 40.6 Å². The average Bonchev–Trinajstić information content (AvgIpc) is 2.42. The maximum Gasteiger partial charge on any atom is 0.140 e. The number of hydrogen-bond acceptors (Lipinski definition) is 4. The molecule has 2 aromatic rings. The molecule has 1 heterocycles. The highest BCUT2D eigenvalue weighted by molar-refractivity contribution is 7.99. The van der Waals surface area contributed by atoms with E-state index < -0.39 is 11.6 Å². The lowest BCUT2D eigenvalue weighted by molar-refractivity contribution is 0.529. The van der Waals surface area contributed by atoms with Crippen LogP contribution >= 0.6 is 11.8 Å². The molecule has 0 aliphatic carbocycles. The summed E-state index contributed by atoms with van der Waals surface area (Å²) in [5.74, 6) is -1.16. The average molecular weight is 295 g/mol. The molecule has 0 bridgehead atoms. The van der Waals surface area contributed by atoms with Gasteiger partial charge in [0.05, 0.1) is 11.1 Å². The lowest BCUT2D eigenvalue weighted by Crippen LogP contribution is -2.22. The van der Waals surface area contributed by atoms with Crippen molar-refractivity contribution < 1.29 is 8.78 Å². The van der Waals surface area contributed by atoms with Gasteiger partial charge in [0.1, 0.15) is 16.7 Å². The molecule has 6 heteroatoms. The molecule has 0 amide bonds. The van der Waals surface area contributed by atoms with Crippen LogP contribution in [0.3, 0.4) is 0 Å². The maximum atomic E-state index is 14.0. The van der Waals surface area contributed by atoms with Crippen LogP contribution in [0.1, 0.15) is 19.4 Å². The summed E-state index contributed by atoms with van der Waals surface area (Å²) in [4.78, 5) is 7.80. The van der Waals surface area contributed by atoms with Crippen LogP contribution < -0.4 is 5.32 Å². The summed E-state index contributed by atoms with van der Waals surface area (Å²) in [6.07, 6.45) is 4.47. The summed E-state index contributed by atoms with van der Waals surface area (Å²) in [6.45, 7) is 4.39.